The fourth-order valence-electron chi connectivity index (χ4n) is 1.47. The van der Waals surface area contributed by atoms with E-state index in [2.05, 4.69) is 5.32 Å². The van der Waals surface area contributed by atoms with Crippen LogP contribution in [0.1, 0.15) is 39.5 Å². The van der Waals surface area contributed by atoms with Crippen LogP contribution in [0.2, 0.25) is 0 Å². The second-order valence-electron chi connectivity index (χ2n) is 4.22. The third kappa shape index (κ3) is 7.60. The lowest BCUT2D eigenvalue weighted by molar-refractivity contribution is -0.142. The number of nitrogens with one attached hydrogen (secondary N) is 1. The Morgan fingerprint density at radius 1 is 1.39 bits per heavy atom. The highest BCUT2D eigenvalue weighted by Gasteiger charge is 2.19. The van der Waals surface area contributed by atoms with E-state index in [1.165, 1.54) is 0 Å². The third-order valence-corrected chi connectivity index (χ3v) is 2.41. The number of rotatable bonds is 9. The van der Waals surface area contributed by atoms with E-state index in [0.717, 1.165) is 6.42 Å². The van der Waals surface area contributed by atoms with Crippen LogP contribution in [-0.4, -0.2) is 29.3 Å². The molecule has 1 amide bonds. The largest absolute Gasteiger partial charge is 0.480 e. The van der Waals surface area contributed by atoms with Crippen molar-refractivity contribution in [2.24, 2.45) is 5.92 Å². The molecule has 5 heteroatoms. The van der Waals surface area contributed by atoms with E-state index in [4.69, 9.17) is 5.11 Å². The van der Waals surface area contributed by atoms with Gasteiger partial charge in [-0.25, -0.2) is 4.79 Å². The monoisotopic (exact) mass is 255 g/mol. The van der Waals surface area contributed by atoms with E-state index in [1.54, 1.807) is 0 Å². The average molecular weight is 255 g/mol. The van der Waals surface area contributed by atoms with Gasteiger partial charge >= 0.3 is 5.97 Å². The van der Waals surface area contributed by atoms with Gasteiger partial charge in [0.1, 0.15) is 12.3 Å². The second-order valence-corrected chi connectivity index (χ2v) is 4.22. The molecule has 0 bridgehead atoms. The van der Waals surface area contributed by atoms with Crippen LogP contribution in [0, 0.1) is 5.92 Å². The van der Waals surface area contributed by atoms with Crippen molar-refractivity contribution in [3.8, 4) is 0 Å². The molecule has 0 aliphatic heterocycles. The predicted octanol–water partition coefficient (Wildman–Crippen LogP) is 1.53. The zero-order valence-electron chi connectivity index (χ0n) is 10.9. The molecule has 102 valence electrons. The average Bonchev–Trinajstić information content (AvgIpc) is 2.31. The minimum absolute atomic E-state index is 0.0745. The number of hydrogen-bond acceptors (Lipinski definition) is 3. The lowest BCUT2D eigenvalue weighted by Gasteiger charge is -2.14. The second kappa shape index (κ2) is 9.39. The lowest BCUT2D eigenvalue weighted by atomic mass is 10.1. The molecule has 0 aromatic heterocycles. The van der Waals surface area contributed by atoms with E-state index in [1.807, 2.05) is 26.0 Å². The molecule has 5 nitrogen and oxygen atoms in total. The molecular weight excluding hydrogens is 234 g/mol. The molecular formula is C13H21NO4. The van der Waals surface area contributed by atoms with Gasteiger partial charge in [-0.15, -0.1) is 0 Å². The van der Waals surface area contributed by atoms with E-state index >= 15 is 0 Å². The summed E-state index contributed by atoms with van der Waals surface area (Å²) in [5.74, 6) is -1.34. The number of amides is 1. The van der Waals surface area contributed by atoms with Crippen molar-refractivity contribution in [3.63, 3.8) is 0 Å². The van der Waals surface area contributed by atoms with Gasteiger partial charge in [0.25, 0.3) is 0 Å². The van der Waals surface area contributed by atoms with E-state index in [0.29, 0.717) is 6.29 Å². The van der Waals surface area contributed by atoms with Crippen LogP contribution in [0.15, 0.2) is 12.2 Å². The number of hydrogen-bond donors (Lipinski definition) is 2. The van der Waals surface area contributed by atoms with Gasteiger partial charge in [0.15, 0.2) is 0 Å². The molecule has 2 N–H and O–H groups in total. The summed E-state index contributed by atoms with van der Waals surface area (Å²) in [6.07, 6.45) is 5.96. The van der Waals surface area contributed by atoms with Crippen molar-refractivity contribution in [1.29, 1.82) is 0 Å². The number of carbonyl (C=O) groups excluding carboxylic acids is 2. The number of carboxylic acid groups (broad SMARTS) is 1. The quantitative estimate of drug-likeness (QED) is 0.483. The Morgan fingerprint density at radius 2 is 2.06 bits per heavy atom. The highest BCUT2D eigenvalue weighted by molar-refractivity contribution is 5.83. The van der Waals surface area contributed by atoms with Gasteiger partial charge in [-0.3, -0.25) is 4.79 Å². The van der Waals surface area contributed by atoms with Crippen LogP contribution in [-0.2, 0) is 14.4 Å². The van der Waals surface area contributed by atoms with Crippen molar-refractivity contribution in [2.45, 2.75) is 45.6 Å². The topological polar surface area (TPSA) is 83.5 Å². The zero-order chi connectivity index (χ0) is 14.0. The molecule has 0 aliphatic carbocycles. The molecule has 0 aliphatic rings. The fourth-order valence-corrected chi connectivity index (χ4v) is 1.47. The van der Waals surface area contributed by atoms with Crippen LogP contribution in [0.4, 0.5) is 0 Å². The first-order chi connectivity index (χ1) is 8.51. The first-order valence-electron chi connectivity index (χ1n) is 6.13. The summed E-state index contributed by atoms with van der Waals surface area (Å²) in [7, 11) is 0. The maximum atomic E-state index is 11.6. The molecule has 18 heavy (non-hydrogen) atoms. The van der Waals surface area contributed by atoms with Crippen molar-refractivity contribution in [2.75, 3.05) is 0 Å². The summed E-state index contributed by atoms with van der Waals surface area (Å²) in [5.41, 5.74) is 0. The molecule has 0 heterocycles. The molecule has 0 saturated heterocycles. The van der Waals surface area contributed by atoms with Gasteiger partial charge in [-0.1, -0.05) is 26.0 Å². The zero-order valence-corrected chi connectivity index (χ0v) is 10.9. The summed E-state index contributed by atoms with van der Waals surface area (Å²) in [6, 6.07) is -0.981. The molecule has 0 aromatic carbocycles. The normalized spacial score (nSPS) is 14.1. The maximum absolute atomic E-state index is 11.6. The minimum atomic E-state index is -1.11. The minimum Gasteiger partial charge on any atom is -0.480 e. The van der Waals surface area contributed by atoms with Gasteiger partial charge in [-0.05, 0) is 18.8 Å². The van der Waals surface area contributed by atoms with E-state index in [9.17, 15) is 14.4 Å². The smallest absolute Gasteiger partial charge is 0.326 e. The Bertz CT molecular complexity index is 312. The Balaban J connectivity index is 4.20. The number of aliphatic carboxylic acids is 1. The third-order valence-electron chi connectivity index (χ3n) is 2.41. The number of carboxylic acids is 1. The van der Waals surface area contributed by atoms with Gasteiger partial charge in [-0.2, -0.15) is 0 Å². The molecule has 0 aromatic rings. The van der Waals surface area contributed by atoms with Crippen LogP contribution >= 0.6 is 0 Å². The highest BCUT2D eigenvalue weighted by Crippen LogP contribution is 2.05. The molecule has 0 rings (SSSR count). The van der Waals surface area contributed by atoms with Crippen molar-refractivity contribution < 1.29 is 19.5 Å². The number of aldehydes is 1. The van der Waals surface area contributed by atoms with E-state index < -0.39 is 12.0 Å². The standard InChI is InChI=1S/C13H21NO4/c1-3-4-6-10(2)9-12(16)14-11(13(17)18)7-5-8-15/h4,6,8,10-11H,3,5,7,9H2,1-2H3,(H,14,16)(H,17,18)/t10-,11-/m0/s1. The highest BCUT2D eigenvalue weighted by atomic mass is 16.4. The number of carbonyl (C=O) groups is 3. The molecule has 2 atom stereocenters. The Kier molecular flexibility index (Phi) is 8.53. The molecule has 0 fully saturated rings. The van der Waals surface area contributed by atoms with Crippen LogP contribution in [0.25, 0.3) is 0 Å². The maximum Gasteiger partial charge on any atom is 0.326 e. The Labute approximate surface area is 107 Å². The van der Waals surface area contributed by atoms with Gasteiger partial charge in [0.05, 0.1) is 0 Å². The van der Waals surface area contributed by atoms with Crippen LogP contribution in [0.3, 0.4) is 0 Å². The summed E-state index contributed by atoms with van der Waals surface area (Å²) in [5, 5.41) is 11.3. The van der Waals surface area contributed by atoms with Gasteiger partial charge < -0.3 is 15.2 Å². The summed E-state index contributed by atoms with van der Waals surface area (Å²) < 4.78 is 0. The summed E-state index contributed by atoms with van der Waals surface area (Å²) >= 11 is 0. The van der Waals surface area contributed by atoms with Gasteiger partial charge in [0.2, 0.25) is 5.91 Å². The lowest BCUT2D eigenvalue weighted by Crippen LogP contribution is -2.41. The molecule has 0 spiro atoms. The van der Waals surface area contributed by atoms with Crippen LogP contribution in [0.5, 0.6) is 0 Å². The Hall–Kier alpha value is -1.65. The van der Waals surface area contributed by atoms with Crippen molar-refractivity contribution in [3.05, 3.63) is 12.2 Å². The molecule has 0 saturated carbocycles. The SMILES string of the molecule is CCC=C[C@H](C)CC(=O)N[C@@H](CCC=O)C(=O)O. The number of allylic oxidation sites excluding steroid dienone is 2. The van der Waals surface area contributed by atoms with Crippen molar-refractivity contribution >= 4 is 18.2 Å². The van der Waals surface area contributed by atoms with Gasteiger partial charge in [0, 0.05) is 12.8 Å². The molecule has 0 unspecified atom stereocenters. The molecule has 0 radical (unpaired) electrons. The summed E-state index contributed by atoms with van der Waals surface area (Å²) in [6.45, 7) is 3.90. The Morgan fingerprint density at radius 3 is 2.56 bits per heavy atom. The van der Waals surface area contributed by atoms with E-state index in [-0.39, 0.29) is 31.1 Å². The predicted molar refractivity (Wildman–Crippen MR) is 68.1 cm³/mol. The van der Waals surface area contributed by atoms with Crippen LogP contribution < -0.4 is 5.32 Å². The first-order valence-corrected chi connectivity index (χ1v) is 6.13. The van der Waals surface area contributed by atoms with Crippen molar-refractivity contribution in [1.82, 2.24) is 5.32 Å². The first kappa shape index (κ1) is 16.4. The fraction of sp³-hybridized carbons (Fsp3) is 0.615. The summed E-state index contributed by atoms with van der Waals surface area (Å²) in [4.78, 5) is 32.7.